The van der Waals surface area contributed by atoms with E-state index in [-0.39, 0.29) is 5.91 Å². The van der Waals surface area contributed by atoms with E-state index in [9.17, 15) is 4.79 Å². The second kappa shape index (κ2) is 9.54. The molecule has 0 unspecified atom stereocenters. The van der Waals surface area contributed by atoms with Gasteiger partial charge in [0, 0.05) is 23.4 Å². The second-order valence-electron chi connectivity index (χ2n) is 4.38. The molecule has 2 N–H and O–H groups in total. The molecule has 8 heteroatoms. The third-order valence-electron chi connectivity index (χ3n) is 2.70. The van der Waals surface area contributed by atoms with Gasteiger partial charge in [-0.25, -0.2) is 0 Å². The van der Waals surface area contributed by atoms with Crippen LogP contribution >= 0.6 is 34.7 Å². The van der Waals surface area contributed by atoms with E-state index in [4.69, 9.17) is 11.6 Å². The molecule has 1 amide bonds. The summed E-state index contributed by atoms with van der Waals surface area (Å²) in [7, 11) is 0. The number of nitrogens with zero attached hydrogens (tertiary/aromatic N) is 2. The summed E-state index contributed by atoms with van der Waals surface area (Å²) >= 11 is 9.19. The number of hydrogen-bond donors (Lipinski definition) is 2. The Labute approximate surface area is 148 Å². The summed E-state index contributed by atoms with van der Waals surface area (Å²) in [4.78, 5) is 11.9. The smallest absolute Gasteiger partial charge is 0.250 e. The standard InChI is InChI=1S/C15H17ClN4OS2/c1-2-22-10-9-17-14-19-20-15(23-14)18-13(21)8-7-11-5-3-4-6-12(11)16/h3-8H,2,9-10H2,1H3,(H,17,19)(H,18,20,21)/b8-7+. The lowest BCUT2D eigenvalue weighted by atomic mass is 10.2. The van der Waals surface area contributed by atoms with E-state index in [0.29, 0.717) is 15.3 Å². The van der Waals surface area contributed by atoms with Crippen molar-refractivity contribution in [3.63, 3.8) is 0 Å². The largest absolute Gasteiger partial charge is 0.359 e. The molecule has 0 aliphatic carbocycles. The van der Waals surface area contributed by atoms with Gasteiger partial charge in [0.1, 0.15) is 0 Å². The molecule has 122 valence electrons. The fraction of sp³-hybridized carbons (Fsp3) is 0.267. The lowest BCUT2D eigenvalue weighted by Gasteiger charge is -1.99. The molecule has 0 aliphatic rings. The van der Waals surface area contributed by atoms with E-state index < -0.39 is 0 Å². The van der Waals surface area contributed by atoms with Crippen LogP contribution in [-0.2, 0) is 4.79 Å². The van der Waals surface area contributed by atoms with Crippen LogP contribution in [0.4, 0.5) is 10.3 Å². The number of benzene rings is 1. The lowest BCUT2D eigenvalue weighted by molar-refractivity contribution is -0.111. The van der Waals surface area contributed by atoms with E-state index >= 15 is 0 Å². The molecular weight excluding hydrogens is 352 g/mol. The number of rotatable bonds is 8. The van der Waals surface area contributed by atoms with Gasteiger partial charge >= 0.3 is 0 Å². The van der Waals surface area contributed by atoms with Crippen LogP contribution < -0.4 is 10.6 Å². The van der Waals surface area contributed by atoms with Crippen LogP contribution in [0.15, 0.2) is 30.3 Å². The number of carbonyl (C=O) groups is 1. The van der Waals surface area contributed by atoms with E-state index in [0.717, 1.165) is 23.6 Å². The first kappa shape index (κ1) is 17.8. The van der Waals surface area contributed by atoms with Gasteiger partial charge in [-0.05, 0) is 23.5 Å². The monoisotopic (exact) mass is 368 g/mol. The fourth-order valence-electron chi connectivity index (χ4n) is 1.64. The molecule has 0 fully saturated rings. The third-order valence-corrected chi connectivity index (χ3v) is 4.74. The predicted octanol–water partition coefficient (Wildman–Crippen LogP) is 4.01. The van der Waals surface area contributed by atoms with E-state index in [1.165, 1.54) is 17.4 Å². The molecule has 0 spiro atoms. The van der Waals surface area contributed by atoms with Crippen molar-refractivity contribution in [3.8, 4) is 0 Å². The molecule has 0 saturated heterocycles. The van der Waals surface area contributed by atoms with Crippen molar-refractivity contribution in [2.24, 2.45) is 0 Å². The molecule has 2 rings (SSSR count). The Bertz CT molecular complexity index is 675. The molecule has 0 bridgehead atoms. The summed E-state index contributed by atoms with van der Waals surface area (Å²) in [5, 5.41) is 15.5. The Morgan fingerprint density at radius 1 is 1.35 bits per heavy atom. The van der Waals surface area contributed by atoms with Crippen LogP contribution in [-0.4, -0.2) is 34.2 Å². The molecule has 0 radical (unpaired) electrons. The summed E-state index contributed by atoms with van der Waals surface area (Å²) in [5.74, 6) is 1.84. The van der Waals surface area contributed by atoms with Gasteiger partial charge < -0.3 is 5.32 Å². The molecule has 1 aromatic carbocycles. The SMILES string of the molecule is CCSCCNc1nnc(NC(=O)/C=C/c2ccccc2Cl)s1. The van der Waals surface area contributed by atoms with E-state index in [1.54, 1.807) is 12.1 Å². The van der Waals surface area contributed by atoms with Gasteiger partial charge in [0.2, 0.25) is 16.2 Å². The Morgan fingerprint density at radius 3 is 2.91 bits per heavy atom. The highest BCUT2D eigenvalue weighted by Crippen LogP contribution is 2.20. The first-order chi connectivity index (χ1) is 11.2. The molecule has 0 aliphatic heterocycles. The molecule has 5 nitrogen and oxygen atoms in total. The van der Waals surface area contributed by atoms with Crippen molar-refractivity contribution in [1.82, 2.24) is 10.2 Å². The van der Waals surface area contributed by atoms with Gasteiger partial charge in [-0.15, -0.1) is 10.2 Å². The van der Waals surface area contributed by atoms with Gasteiger partial charge in [0.15, 0.2) is 0 Å². The summed E-state index contributed by atoms with van der Waals surface area (Å²) < 4.78 is 0. The molecule has 0 atom stereocenters. The normalized spacial score (nSPS) is 10.9. The summed E-state index contributed by atoms with van der Waals surface area (Å²) in [6.07, 6.45) is 3.09. The quantitative estimate of drug-likeness (QED) is 0.544. The van der Waals surface area contributed by atoms with Gasteiger partial charge in [0.25, 0.3) is 0 Å². The minimum atomic E-state index is -0.269. The Balaban J connectivity index is 1.83. The molecule has 2 aromatic rings. The number of hydrogen-bond acceptors (Lipinski definition) is 6. The summed E-state index contributed by atoms with van der Waals surface area (Å²) in [6, 6.07) is 7.32. The first-order valence-electron chi connectivity index (χ1n) is 7.07. The maximum absolute atomic E-state index is 11.9. The number of halogens is 1. The van der Waals surface area contributed by atoms with Gasteiger partial charge in [0.05, 0.1) is 0 Å². The van der Waals surface area contributed by atoms with Crippen molar-refractivity contribution in [2.75, 3.05) is 28.7 Å². The Hall–Kier alpha value is -1.57. The number of anilines is 2. The number of thioether (sulfide) groups is 1. The van der Waals surface area contributed by atoms with Gasteiger partial charge in [-0.2, -0.15) is 11.8 Å². The van der Waals surface area contributed by atoms with Crippen LogP contribution in [0.2, 0.25) is 5.02 Å². The third kappa shape index (κ3) is 6.21. The highest BCUT2D eigenvalue weighted by Gasteiger charge is 2.06. The number of carbonyl (C=O) groups excluding carboxylic acids is 1. The van der Waals surface area contributed by atoms with Gasteiger partial charge in [-0.3, -0.25) is 10.1 Å². The van der Waals surface area contributed by atoms with Gasteiger partial charge in [-0.1, -0.05) is 48.1 Å². The van der Waals surface area contributed by atoms with Crippen molar-refractivity contribution in [2.45, 2.75) is 6.92 Å². The summed E-state index contributed by atoms with van der Waals surface area (Å²) in [5.41, 5.74) is 0.789. The second-order valence-corrected chi connectivity index (χ2v) is 7.16. The van der Waals surface area contributed by atoms with Crippen LogP contribution in [0.25, 0.3) is 6.08 Å². The van der Waals surface area contributed by atoms with Crippen molar-refractivity contribution < 1.29 is 4.79 Å². The minimum absolute atomic E-state index is 0.269. The average molecular weight is 369 g/mol. The number of nitrogens with one attached hydrogen (secondary N) is 2. The topological polar surface area (TPSA) is 66.9 Å². The Kier molecular flexibility index (Phi) is 7.38. The van der Waals surface area contributed by atoms with Crippen LogP contribution in [0.1, 0.15) is 12.5 Å². The average Bonchev–Trinajstić information content (AvgIpc) is 2.98. The Morgan fingerprint density at radius 2 is 2.13 bits per heavy atom. The zero-order valence-electron chi connectivity index (χ0n) is 12.6. The van der Waals surface area contributed by atoms with Crippen LogP contribution in [0.5, 0.6) is 0 Å². The maximum Gasteiger partial charge on any atom is 0.250 e. The molecule has 1 heterocycles. The van der Waals surface area contributed by atoms with E-state index in [2.05, 4.69) is 27.8 Å². The zero-order valence-corrected chi connectivity index (χ0v) is 15.0. The lowest BCUT2D eigenvalue weighted by Crippen LogP contribution is -2.07. The van der Waals surface area contributed by atoms with Crippen molar-refractivity contribution in [3.05, 3.63) is 40.9 Å². The fourth-order valence-corrected chi connectivity index (χ4v) is 3.05. The van der Waals surface area contributed by atoms with E-state index in [1.807, 2.05) is 30.0 Å². The molecular formula is C15H17ClN4OS2. The highest BCUT2D eigenvalue weighted by molar-refractivity contribution is 7.99. The number of aromatic nitrogens is 2. The first-order valence-corrected chi connectivity index (χ1v) is 9.42. The zero-order chi connectivity index (χ0) is 16.5. The molecule has 23 heavy (non-hydrogen) atoms. The van der Waals surface area contributed by atoms with Crippen LogP contribution in [0, 0.1) is 0 Å². The predicted molar refractivity (Wildman–Crippen MR) is 101 cm³/mol. The minimum Gasteiger partial charge on any atom is -0.359 e. The molecule has 1 aromatic heterocycles. The van der Waals surface area contributed by atoms with Crippen molar-refractivity contribution >= 4 is 56.9 Å². The maximum atomic E-state index is 11.9. The summed E-state index contributed by atoms with van der Waals surface area (Å²) in [6.45, 7) is 2.95. The highest BCUT2D eigenvalue weighted by atomic mass is 35.5. The van der Waals surface area contributed by atoms with Crippen LogP contribution in [0.3, 0.4) is 0 Å². The number of amides is 1. The molecule has 0 saturated carbocycles. The van der Waals surface area contributed by atoms with Crippen molar-refractivity contribution in [1.29, 1.82) is 0 Å².